The third-order valence-corrected chi connectivity index (χ3v) is 6.34. The minimum atomic E-state index is -0.294. The molecule has 33 heavy (non-hydrogen) atoms. The smallest absolute Gasteiger partial charge is 0.238 e. The lowest BCUT2D eigenvalue weighted by Crippen LogP contribution is -2.49. The predicted octanol–water partition coefficient (Wildman–Crippen LogP) is 2.88. The average Bonchev–Trinajstić information content (AvgIpc) is 2.79. The van der Waals surface area contributed by atoms with Crippen LogP contribution in [0.4, 0.5) is 11.5 Å². The van der Waals surface area contributed by atoms with Gasteiger partial charge in [0, 0.05) is 43.9 Å². The van der Waals surface area contributed by atoms with E-state index in [1.165, 1.54) is 0 Å². The molecule has 0 saturated carbocycles. The number of aryl methyl sites for hydroxylation is 1. The van der Waals surface area contributed by atoms with Gasteiger partial charge >= 0.3 is 0 Å². The number of amides is 1. The highest BCUT2D eigenvalue weighted by atomic mass is 16.5. The van der Waals surface area contributed by atoms with Crippen LogP contribution in [0.25, 0.3) is 0 Å². The number of ether oxygens (including phenoxy) is 2. The molecule has 2 aliphatic rings. The van der Waals surface area contributed by atoms with Crippen LogP contribution in [0.15, 0.2) is 24.3 Å². The van der Waals surface area contributed by atoms with Crippen molar-refractivity contribution in [3.63, 3.8) is 0 Å². The Balaban J connectivity index is 1.43. The van der Waals surface area contributed by atoms with Crippen molar-refractivity contribution in [2.75, 3.05) is 50.1 Å². The van der Waals surface area contributed by atoms with E-state index in [0.717, 1.165) is 35.7 Å². The van der Waals surface area contributed by atoms with Gasteiger partial charge in [-0.25, -0.2) is 4.98 Å². The van der Waals surface area contributed by atoms with Crippen LogP contribution in [0.5, 0.6) is 5.75 Å². The molecule has 1 fully saturated rings. The first kappa shape index (κ1) is 23.0. The molecule has 1 aromatic carbocycles. The number of methoxy groups -OCH3 is 1. The SMILES string of the molecule is COc1ccccc1NC(=O)CN1CCN(c2nc(C)c3c(c2C#N)CC(C)(C)OC3)CC1. The molecule has 8 heteroatoms. The Morgan fingerprint density at radius 3 is 2.67 bits per heavy atom. The van der Waals surface area contributed by atoms with Crippen molar-refractivity contribution >= 4 is 17.4 Å². The first-order chi connectivity index (χ1) is 15.8. The normalized spacial score (nSPS) is 17.7. The van der Waals surface area contributed by atoms with Crippen molar-refractivity contribution in [3.8, 4) is 11.8 Å². The van der Waals surface area contributed by atoms with Gasteiger partial charge in [-0.05, 0) is 38.5 Å². The lowest BCUT2D eigenvalue weighted by atomic mass is 9.88. The number of nitriles is 1. The molecule has 0 spiro atoms. The van der Waals surface area contributed by atoms with E-state index in [-0.39, 0.29) is 11.5 Å². The number of pyridine rings is 1. The molecule has 4 rings (SSSR count). The number of rotatable bonds is 5. The summed E-state index contributed by atoms with van der Waals surface area (Å²) in [5, 5.41) is 12.9. The van der Waals surface area contributed by atoms with Gasteiger partial charge < -0.3 is 19.7 Å². The quantitative estimate of drug-likeness (QED) is 0.751. The van der Waals surface area contributed by atoms with Gasteiger partial charge in [-0.2, -0.15) is 5.26 Å². The number of hydrogen-bond donors (Lipinski definition) is 1. The van der Waals surface area contributed by atoms with E-state index in [4.69, 9.17) is 14.5 Å². The third kappa shape index (κ3) is 4.95. The van der Waals surface area contributed by atoms with Crippen LogP contribution >= 0.6 is 0 Å². The fourth-order valence-corrected chi connectivity index (χ4v) is 4.52. The molecular weight excluding hydrogens is 418 g/mol. The molecule has 0 bridgehead atoms. The molecule has 1 amide bonds. The van der Waals surface area contributed by atoms with E-state index in [1.54, 1.807) is 7.11 Å². The van der Waals surface area contributed by atoms with Crippen LogP contribution in [0.3, 0.4) is 0 Å². The van der Waals surface area contributed by atoms with Crippen molar-refractivity contribution in [2.24, 2.45) is 0 Å². The molecule has 0 unspecified atom stereocenters. The number of carbonyl (C=O) groups is 1. The number of anilines is 2. The number of nitrogens with zero attached hydrogens (tertiary/aromatic N) is 4. The Hall–Kier alpha value is -3.15. The lowest BCUT2D eigenvalue weighted by Gasteiger charge is -2.38. The fraction of sp³-hybridized carbons (Fsp3) is 0.480. The maximum absolute atomic E-state index is 12.6. The van der Waals surface area contributed by atoms with Crippen LogP contribution in [0.1, 0.15) is 36.2 Å². The molecule has 1 N–H and O–H groups in total. The van der Waals surface area contributed by atoms with Gasteiger partial charge in [0.25, 0.3) is 0 Å². The Kier molecular flexibility index (Phi) is 6.54. The molecule has 8 nitrogen and oxygen atoms in total. The molecule has 2 aromatic rings. The molecular formula is C25H31N5O3. The minimum Gasteiger partial charge on any atom is -0.495 e. The highest BCUT2D eigenvalue weighted by molar-refractivity contribution is 5.93. The van der Waals surface area contributed by atoms with Gasteiger partial charge in [-0.3, -0.25) is 9.69 Å². The standard InChI is InChI=1S/C25H31N5O3/c1-17-20-16-33-25(2,3)13-18(20)19(14-26)24(27-17)30-11-9-29(10-12-30)15-23(31)28-21-7-5-6-8-22(21)32-4/h5-8H,9-13,15-16H2,1-4H3,(H,28,31). The van der Waals surface area contributed by atoms with Crippen LogP contribution in [-0.2, 0) is 22.6 Å². The van der Waals surface area contributed by atoms with Crippen LogP contribution in [0, 0.1) is 18.3 Å². The zero-order chi connectivity index (χ0) is 23.6. The second-order valence-electron chi connectivity index (χ2n) is 9.20. The van der Waals surface area contributed by atoms with Crippen molar-refractivity contribution in [3.05, 3.63) is 46.6 Å². The van der Waals surface area contributed by atoms with Gasteiger partial charge in [-0.1, -0.05) is 12.1 Å². The summed E-state index contributed by atoms with van der Waals surface area (Å²) in [5.41, 5.74) is 4.07. The van der Waals surface area contributed by atoms with Gasteiger partial charge in [0.15, 0.2) is 0 Å². The molecule has 1 saturated heterocycles. The molecule has 2 aliphatic heterocycles. The number of aromatic nitrogens is 1. The zero-order valence-electron chi connectivity index (χ0n) is 19.8. The highest BCUT2D eigenvalue weighted by Crippen LogP contribution is 2.35. The summed E-state index contributed by atoms with van der Waals surface area (Å²) in [6.07, 6.45) is 0.699. The highest BCUT2D eigenvalue weighted by Gasteiger charge is 2.32. The number of benzene rings is 1. The summed E-state index contributed by atoms with van der Waals surface area (Å²) in [6, 6.07) is 9.80. The number of carbonyl (C=O) groups excluding carboxylic acids is 1. The van der Waals surface area contributed by atoms with E-state index >= 15 is 0 Å². The Morgan fingerprint density at radius 2 is 1.97 bits per heavy atom. The van der Waals surface area contributed by atoms with Crippen LogP contribution in [-0.4, -0.2) is 61.2 Å². The topological polar surface area (TPSA) is 90.7 Å². The van der Waals surface area contributed by atoms with Gasteiger partial charge in [-0.15, -0.1) is 0 Å². The summed E-state index contributed by atoms with van der Waals surface area (Å²) in [5.74, 6) is 1.32. The summed E-state index contributed by atoms with van der Waals surface area (Å²) in [7, 11) is 1.59. The third-order valence-electron chi connectivity index (χ3n) is 6.34. The van der Waals surface area contributed by atoms with Crippen LogP contribution < -0.4 is 15.0 Å². The van der Waals surface area contributed by atoms with E-state index in [9.17, 15) is 10.1 Å². The van der Waals surface area contributed by atoms with E-state index < -0.39 is 0 Å². The Labute approximate surface area is 195 Å². The largest absolute Gasteiger partial charge is 0.495 e. The molecule has 0 aliphatic carbocycles. The molecule has 0 radical (unpaired) electrons. The molecule has 3 heterocycles. The first-order valence-corrected chi connectivity index (χ1v) is 11.3. The monoisotopic (exact) mass is 449 g/mol. The average molecular weight is 450 g/mol. The predicted molar refractivity (Wildman–Crippen MR) is 127 cm³/mol. The summed E-state index contributed by atoms with van der Waals surface area (Å²) in [6.45, 7) is 9.76. The van der Waals surface area contributed by atoms with Crippen molar-refractivity contribution < 1.29 is 14.3 Å². The fourth-order valence-electron chi connectivity index (χ4n) is 4.52. The van der Waals surface area contributed by atoms with Gasteiger partial charge in [0.1, 0.15) is 17.6 Å². The van der Waals surface area contributed by atoms with Crippen molar-refractivity contribution in [2.45, 2.75) is 39.4 Å². The number of hydrogen-bond acceptors (Lipinski definition) is 7. The number of piperazine rings is 1. The van der Waals surface area contributed by atoms with Crippen molar-refractivity contribution in [1.82, 2.24) is 9.88 Å². The second kappa shape index (κ2) is 9.38. The van der Waals surface area contributed by atoms with Crippen molar-refractivity contribution in [1.29, 1.82) is 5.26 Å². The maximum atomic E-state index is 12.6. The van der Waals surface area contributed by atoms with Crippen LogP contribution in [0.2, 0.25) is 0 Å². The number of nitrogens with one attached hydrogen (secondary N) is 1. The Bertz CT molecular complexity index is 1080. The van der Waals surface area contributed by atoms with Gasteiger partial charge in [0.2, 0.25) is 5.91 Å². The second-order valence-corrected chi connectivity index (χ2v) is 9.20. The Morgan fingerprint density at radius 1 is 1.24 bits per heavy atom. The van der Waals surface area contributed by atoms with E-state index in [0.29, 0.717) is 49.7 Å². The molecule has 1 aromatic heterocycles. The molecule has 174 valence electrons. The van der Waals surface area contributed by atoms with Gasteiger partial charge in [0.05, 0.1) is 37.1 Å². The number of fused-ring (bicyclic) bond motifs is 1. The summed E-state index contributed by atoms with van der Waals surface area (Å²) >= 11 is 0. The van der Waals surface area contributed by atoms with E-state index in [1.807, 2.05) is 31.2 Å². The lowest BCUT2D eigenvalue weighted by molar-refractivity contribution is -0.117. The molecule has 0 atom stereocenters. The van der Waals surface area contributed by atoms with E-state index in [2.05, 4.69) is 35.0 Å². The minimum absolute atomic E-state index is 0.0735. The number of para-hydroxylation sites is 2. The summed E-state index contributed by atoms with van der Waals surface area (Å²) < 4.78 is 11.3. The zero-order valence-corrected chi connectivity index (χ0v) is 19.8. The first-order valence-electron chi connectivity index (χ1n) is 11.3. The maximum Gasteiger partial charge on any atom is 0.238 e. The summed E-state index contributed by atoms with van der Waals surface area (Å²) in [4.78, 5) is 21.7.